The zero-order valence-electron chi connectivity index (χ0n) is 19.8. The normalized spacial score (nSPS) is 18.7. The molecule has 5 heteroatoms. The number of benzene rings is 2. The Kier molecular flexibility index (Phi) is 7.29. The number of hydrogen-bond donors (Lipinski definition) is 0. The lowest BCUT2D eigenvalue weighted by atomic mass is 9.88. The first kappa shape index (κ1) is 23.2. The molecule has 0 N–H and O–H groups in total. The highest BCUT2D eigenvalue weighted by Crippen LogP contribution is 2.34. The van der Waals surface area contributed by atoms with E-state index in [0.717, 1.165) is 19.6 Å². The van der Waals surface area contributed by atoms with Crippen molar-refractivity contribution < 1.29 is 9.18 Å². The zero-order chi connectivity index (χ0) is 23.4. The molecule has 33 heavy (non-hydrogen) atoms. The third kappa shape index (κ3) is 5.53. The van der Waals surface area contributed by atoms with Crippen molar-refractivity contribution in [3.05, 3.63) is 95.6 Å². The fourth-order valence-electron chi connectivity index (χ4n) is 5.01. The van der Waals surface area contributed by atoms with Gasteiger partial charge in [0, 0.05) is 57.6 Å². The molecule has 1 saturated heterocycles. The maximum Gasteiger partial charge on any atom is 0.256 e. The van der Waals surface area contributed by atoms with Crippen LogP contribution in [0.5, 0.6) is 0 Å². The summed E-state index contributed by atoms with van der Waals surface area (Å²) in [5.74, 6) is 0.246. The van der Waals surface area contributed by atoms with E-state index in [1.165, 1.54) is 17.3 Å². The Morgan fingerprint density at radius 2 is 1.76 bits per heavy atom. The lowest BCUT2D eigenvalue weighted by Gasteiger charge is -2.30. The Morgan fingerprint density at radius 3 is 2.42 bits per heavy atom. The first-order valence-corrected chi connectivity index (χ1v) is 11.8. The van der Waals surface area contributed by atoms with E-state index < -0.39 is 5.82 Å². The van der Waals surface area contributed by atoms with Gasteiger partial charge in [0.1, 0.15) is 5.82 Å². The van der Waals surface area contributed by atoms with E-state index in [9.17, 15) is 9.18 Å². The highest BCUT2D eigenvalue weighted by atomic mass is 19.1. The number of rotatable bonds is 8. The van der Waals surface area contributed by atoms with Crippen molar-refractivity contribution in [2.24, 2.45) is 18.9 Å². The van der Waals surface area contributed by atoms with Crippen molar-refractivity contribution in [1.29, 1.82) is 0 Å². The van der Waals surface area contributed by atoms with Gasteiger partial charge in [0.2, 0.25) is 0 Å². The Hall–Kier alpha value is -2.92. The van der Waals surface area contributed by atoms with Crippen molar-refractivity contribution in [1.82, 2.24) is 14.4 Å². The lowest BCUT2D eigenvalue weighted by molar-refractivity contribution is 0.0698. The molecule has 174 valence electrons. The molecule has 1 amide bonds. The number of halogens is 1. The van der Waals surface area contributed by atoms with E-state index in [0.29, 0.717) is 24.9 Å². The molecule has 2 unspecified atom stereocenters. The maximum absolute atomic E-state index is 14.4. The van der Waals surface area contributed by atoms with Gasteiger partial charge in [-0.1, -0.05) is 56.3 Å². The molecule has 1 aromatic heterocycles. The molecule has 0 spiro atoms. The summed E-state index contributed by atoms with van der Waals surface area (Å²) in [7, 11) is 2.08. The molecule has 0 aliphatic carbocycles. The summed E-state index contributed by atoms with van der Waals surface area (Å²) in [6.07, 6.45) is 2.08. The molecule has 1 fully saturated rings. The van der Waals surface area contributed by atoms with Crippen molar-refractivity contribution in [2.45, 2.75) is 26.3 Å². The topological polar surface area (TPSA) is 28.5 Å². The van der Waals surface area contributed by atoms with Gasteiger partial charge in [0.15, 0.2) is 0 Å². The highest BCUT2D eigenvalue weighted by molar-refractivity contribution is 5.94. The molecule has 1 aliphatic heterocycles. The van der Waals surface area contributed by atoms with Gasteiger partial charge in [0.25, 0.3) is 5.91 Å². The van der Waals surface area contributed by atoms with Gasteiger partial charge in [-0.15, -0.1) is 0 Å². The van der Waals surface area contributed by atoms with Crippen LogP contribution >= 0.6 is 0 Å². The Bertz CT molecular complexity index is 1060. The van der Waals surface area contributed by atoms with Gasteiger partial charge in [0.05, 0.1) is 5.56 Å². The van der Waals surface area contributed by atoms with E-state index in [1.807, 2.05) is 11.0 Å². The van der Waals surface area contributed by atoms with Crippen LogP contribution in [-0.2, 0) is 13.6 Å². The number of likely N-dealkylation sites (tertiary alicyclic amines) is 1. The minimum Gasteiger partial charge on any atom is -0.353 e. The number of amides is 1. The SMILES string of the molecule is CC(C)CN(CC1CN(Cc2cccn2C)CC1c1ccccc1)C(=O)c1ccccc1F. The van der Waals surface area contributed by atoms with E-state index in [-0.39, 0.29) is 17.4 Å². The zero-order valence-corrected chi connectivity index (χ0v) is 19.8. The van der Waals surface area contributed by atoms with Crippen LogP contribution in [0, 0.1) is 17.7 Å². The molecule has 4 nitrogen and oxygen atoms in total. The second-order valence-corrected chi connectivity index (χ2v) is 9.67. The summed E-state index contributed by atoms with van der Waals surface area (Å²) in [5.41, 5.74) is 2.75. The van der Waals surface area contributed by atoms with Crippen LogP contribution < -0.4 is 0 Å². The first-order valence-electron chi connectivity index (χ1n) is 11.8. The molecular weight excluding hydrogens is 413 g/mol. The minimum atomic E-state index is -0.451. The average Bonchev–Trinajstić information content (AvgIpc) is 3.39. The van der Waals surface area contributed by atoms with Crippen LogP contribution in [0.4, 0.5) is 4.39 Å². The number of carbonyl (C=O) groups is 1. The van der Waals surface area contributed by atoms with Gasteiger partial charge in [-0.3, -0.25) is 9.69 Å². The summed E-state index contributed by atoms with van der Waals surface area (Å²) in [5, 5.41) is 0. The first-order chi connectivity index (χ1) is 15.9. The second-order valence-electron chi connectivity index (χ2n) is 9.67. The Balaban J connectivity index is 1.58. The number of hydrogen-bond acceptors (Lipinski definition) is 2. The summed E-state index contributed by atoms with van der Waals surface area (Å²) in [6.45, 7) is 8.18. The van der Waals surface area contributed by atoms with Crippen molar-refractivity contribution >= 4 is 5.91 Å². The van der Waals surface area contributed by atoms with Gasteiger partial charge in [-0.2, -0.15) is 0 Å². The number of nitrogens with zero attached hydrogens (tertiary/aromatic N) is 3. The summed E-state index contributed by atoms with van der Waals surface area (Å²) in [4.78, 5) is 17.7. The fraction of sp³-hybridized carbons (Fsp3) is 0.393. The molecule has 2 atom stereocenters. The second kappa shape index (κ2) is 10.3. The van der Waals surface area contributed by atoms with Gasteiger partial charge >= 0.3 is 0 Å². The van der Waals surface area contributed by atoms with Gasteiger partial charge in [-0.05, 0) is 41.7 Å². The average molecular weight is 448 g/mol. The standard InChI is InChI=1S/C28H34FN3O/c1-21(2)16-32(28(33)25-13-7-8-14-27(25)29)18-23-17-31(19-24-12-9-15-30(24)3)20-26(23)22-10-5-4-6-11-22/h4-15,21,23,26H,16-20H2,1-3H3. The van der Waals surface area contributed by atoms with Crippen LogP contribution in [0.2, 0.25) is 0 Å². The molecule has 0 saturated carbocycles. The smallest absolute Gasteiger partial charge is 0.256 e. The van der Waals surface area contributed by atoms with E-state index in [4.69, 9.17) is 0 Å². The fourth-order valence-corrected chi connectivity index (χ4v) is 5.01. The number of carbonyl (C=O) groups excluding carboxylic acids is 1. The number of aryl methyl sites for hydroxylation is 1. The third-order valence-corrected chi connectivity index (χ3v) is 6.61. The quantitative estimate of drug-likeness (QED) is 0.476. The molecular formula is C28H34FN3O. The Labute approximate surface area is 196 Å². The summed E-state index contributed by atoms with van der Waals surface area (Å²) in [6, 6.07) is 21.2. The van der Waals surface area contributed by atoms with E-state index >= 15 is 0 Å². The molecule has 1 aliphatic rings. The van der Waals surface area contributed by atoms with Crippen LogP contribution in [0.15, 0.2) is 72.9 Å². The lowest BCUT2D eigenvalue weighted by Crippen LogP contribution is -2.40. The van der Waals surface area contributed by atoms with Crippen LogP contribution in [-0.4, -0.2) is 46.5 Å². The molecule has 0 radical (unpaired) electrons. The molecule has 0 bridgehead atoms. The molecule has 2 heterocycles. The largest absolute Gasteiger partial charge is 0.353 e. The molecule has 3 aromatic rings. The van der Waals surface area contributed by atoms with Crippen molar-refractivity contribution in [2.75, 3.05) is 26.2 Å². The van der Waals surface area contributed by atoms with Crippen LogP contribution in [0.3, 0.4) is 0 Å². The number of aromatic nitrogens is 1. The predicted octanol–water partition coefficient (Wildman–Crippen LogP) is 5.18. The summed E-state index contributed by atoms with van der Waals surface area (Å²) < 4.78 is 16.6. The minimum absolute atomic E-state index is 0.160. The monoisotopic (exact) mass is 447 g/mol. The Morgan fingerprint density at radius 1 is 1.03 bits per heavy atom. The van der Waals surface area contributed by atoms with Gasteiger partial charge in [-0.25, -0.2) is 4.39 Å². The van der Waals surface area contributed by atoms with Crippen LogP contribution in [0.25, 0.3) is 0 Å². The maximum atomic E-state index is 14.4. The summed E-state index contributed by atoms with van der Waals surface area (Å²) >= 11 is 0. The van der Waals surface area contributed by atoms with Crippen LogP contribution in [0.1, 0.15) is 41.4 Å². The van der Waals surface area contributed by atoms with E-state index in [1.54, 1.807) is 18.2 Å². The molecule has 2 aromatic carbocycles. The highest BCUT2D eigenvalue weighted by Gasteiger charge is 2.36. The predicted molar refractivity (Wildman–Crippen MR) is 131 cm³/mol. The van der Waals surface area contributed by atoms with Crippen molar-refractivity contribution in [3.8, 4) is 0 Å². The molecule has 4 rings (SSSR count). The third-order valence-electron chi connectivity index (χ3n) is 6.61. The van der Waals surface area contributed by atoms with Crippen molar-refractivity contribution in [3.63, 3.8) is 0 Å². The van der Waals surface area contributed by atoms with Gasteiger partial charge < -0.3 is 9.47 Å². The van der Waals surface area contributed by atoms with E-state index in [2.05, 4.69) is 73.0 Å².